The molecule has 1 aliphatic carbocycles. The molecule has 1 aromatic carbocycles. The summed E-state index contributed by atoms with van der Waals surface area (Å²) in [5.41, 5.74) is 1.91. The summed E-state index contributed by atoms with van der Waals surface area (Å²) in [5, 5.41) is 16.7. The van der Waals surface area contributed by atoms with Crippen LogP contribution >= 0.6 is 0 Å². The van der Waals surface area contributed by atoms with Gasteiger partial charge in [0, 0.05) is 68.6 Å². The highest BCUT2D eigenvalue weighted by Crippen LogP contribution is 2.63. The number of benzene rings is 1. The van der Waals surface area contributed by atoms with Crippen molar-refractivity contribution in [2.24, 2.45) is 11.8 Å². The monoisotopic (exact) mass is 620 g/mol. The molecule has 228 valence electrons. The Morgan fingerprint density at radius 3 is 2.75 bits per heavy atom. The molecular formula is C29H29FN8O5S. The normalized spacial score (nSPS) is 21.6. The number of pyridine rings is 1. The van der Waals surface area contributed by atoms with E-state index in [2.05, 4.69) is 15.5 Å². The Kier molecular flexibility index (Phi) is 6.37. The number of amides is 1. The molecule has 1 aliphatic heterocycles. The Morgan fingerprint density at radius 2 is 2.02 bits per heavy atom. The Labute approximate surface area is 251 Å². The summed E-state index contributed by atoms with van der Waals surface area (Å²) in [6.07, 6.45) is 4.22. The van der Waals surface area contributed by atoms with Crippen LogP contribution in [-0.2, 0) is 15.6 Å². The van der Waals surface area contributed by atoms with Crippen LogP contribution in [0.4, 0.5) is 15.0 Å². The van der Waals surface area contributed by atoms with Gasteiger partial charge in [-0.05, 0) is 42.9 Å². The second kappa shape index (κ2) is 9.95. The molecule has 3 atom stereocenters. The van der Waals surface area contributed by atoms with Crippen LogP contribution < -0.4 is 10.2 Å². The molecule has 0 bridgehead atoms. The third kappa shape index (κ3) is 4.21. The Balaban J connectivity index is 1.31. The molecule has 1 saturated carbocycles. The topological polar surface area (TPSA) is 160 Å². The van der Waals surface area contributed by atoms with Gasteiger partial charge < -0.3 is 19.8 Å². The number of rotatable bonds is 7. The highest BCUT2D eigenvalue weighted by Gasteiger charge is 2.68. The molecule has 0 radical (unpaired) electrons. The van der Waals surface area contributed by atoms with Crippen molar-refractivity contribution in [1.29, 1.82) is 0 Å². The molecule has 5 aromatic rings. The Morgan fingerprint density at radius 1 is 1.20 bits per heavy atom. The minimum atomic E-state index is -4.01. The average molecular weight is 621 g/mol. The van der Waals surface area contributed by atoms with Gasteiger partial charge in [-0.3, -0.25) is 4.98 Å². The van der Waals surface area contributed by atoms with Crippen molar-refractivity contribution in [1.82, 2.24) is 33.7 Å². The predicted octanol–water partition coefficient (Wildman–Crippen LogP) is 3.40. The zero-order valence-electron chi connectivity index (χ0n) is 24.1. The van der Waals surface area contributed by atoms with Crippen molar-refractivity contribution < 1.29 is 27.2 Å². The first kappa shape index (κ1) is 28.2. The number of nitrogens with zero attached hydrogens (tertiary/aromatic N) is 7. The molecular weight excluding hydrogens is 591 g/mol. The number of carbonyl (C=O) groups is 1. The average Bonchev–Trinajstić information content (AvgIpc) is 3.24. The number of carboxylic acid groups (broad SMARTS) is 1. The van der Waals surface area contributed by atoms with E-state index >= 15 is 0 Å². The molecule has 13 nitrogen and oxygen atoms in total. The molecule has 15 heteroatoms. The summed E-state index contributed by atoms with van der Waals surface area (Å²) in [5.74, 6) is 0.911. The van der Waals surface area contributed by atoms with E-state index in [1.54, 1.807) is 31.3 Å². The molecule has 1 saturated heterocycles. The van der Waals surface area contributed by atoms with E-state index in [0.717, 1.165) is 20.4 Å². The van der Waals surface area contributed by atoms with E-state index in [1.807, 2.05) is 11.0 Å². The summed E-state index contributed by atoms with van der Waals surface area (Å²) in [6.45, 7) is 3.15. The van der Waals surface area contributed by atoms with Crippen LogP contribution in [0, 0.1) is 24.6 Å². The standard InChI is InChI=1S/C29H29FN8O5S/c1-16-11-23(35-43-16)29(15-33-28(39)40)20-8-10-37(14-21(20)29)24-12-32-26-19(13-38(27(26)34-24)44(41,42)36(2)3)17-6-7-22(30)25-18(17)5-4-9-31-25/h4-7,9,11-13,20-21,33H,8,10,14-15H2,1-3H3,(H,39,40)/t20-,21+,29+/m1/s1. The number of piperidine rings is 1. The lowest BCUT2D eigenvalue weighted by molar-refractivity contribution is 0.192. The first-order chi connectivity index (χ1) is 21.0. The van der Waals surface area contributed by atoms with Crippen LogP contribution in [0.2, 0.25) is 0 Å². The molecule has 5 heterocycles. The third-order valence-corrected chi connectivity index (χ3v) is 10.7. The maximum absolute atomic E-state index is 14.6. The zero-order chi connectivity index (χ0) is 31.0. The van der Waals surface area contributed by atoms with E-state index in [9.17, 15) is 22.7 Å². The summed E-state index contributed by atoms with van der Waals surface area (Å²) in [6, 6.07) is 8.17. The highest BCUT2D eigenvalue weighted by molar-refractivity contribution is 7.87. The maximum Gasteiger partial charge on any atom is 0.404 e. The minimum Gasteiger partial charge on any atom is -0.465 e. The molecule has 2 aliphatic rings. The van der Waals surface area contributed by atoms with Crippen molar-refractivity contribution in [3.8, 4) is 11.1 Å². The van der Waals surface area contributed by atoms with Crippen LogP contribution in [0.3, 0.4) is 0 Å². The molecule has 4 aromatic heterocycles. The van der Waals surface area contributed by atoms with Gasteiger partial charge in [0.25, 0.3) is 0 Å². The number of aryl methyl sites for hydroxylation is 1. The van der Waals surface area contributed by atoms with E-state index in [0.29, 0.717) is 46.7 Å². The first-order valence-electron chi connectivity index (χ1n) is 14.0. The number of hydrogen-bond acceptors (Lipinski definition) is 9. The molecule has 2 fully saturated rings. The van der Waals surface area contributed by atoms with Crippen molar-refractivity contribution in [2.45, 2.75) is 18.8 Å². The Hall–Kier alpha value is -4.63. The molecule has 1 amide bonds. The van der Waals surface area contributed by atoms with Crippen LogP contribution in [-0.4, -0.2) is 81.7 Å². The minimum absolute atomic E-state index is 0.0658. The quantitative estimate of drug-likeness (QED) is 0.276. The molecule has 2 N–H and O–H groups in total. The number of nitrogens with one attached hydrogen (secondary N) is 1. The smallest absolute Gasteiger partial charge is 0.404 e. The van der Waals surface area contributed by atoms with Crippen LogP contribution in [0.1, 0.15) is 17.9 Å². The molecule has 0 unspecified atom stereocenters. The van der Waals surface area contributed by atoms with Gasteiger partial charge >= 0.3 is 16.3 Å². The van der Waals surface area contributed by atoms with Gasteiger partial charge in [0.2, 0.25) is 0 Å². The fourth-order valence-electron chi connectivity index (χ4n) is 6.75. The number of hydrogen-bond donors (Lipinski definition) is 2. The number of anilines is 1. The van der Waals surface area contributed by atoms with Gasteiger partial charge in [-0.1, -0.05) is 17.3 Å². The van der Waals surface area contributed by atoms with E-state index in [4.69, 9.17) is 14.5 Å². The zero-order valence-corrected chi connectivity index (χ0v) is 24.9. The fraction of sp³-hybridized carbons (Fsp3) is 0.345. The number of aromatic nitrogens is 5. The van der Waals surface area contributed by atoms with Gasteiger partial charge in [0.05, 0.1) is 11.9 Å². The largest absolute Gasteiger partial charge is 0.465 e. The first-order valence-corrected chi connectivity index (χ1v) is 15.4. The maximum atomic E-state index is 14.6. The van der Waals surface area contributed by atoms with E-state index in [1.165, 1.54) is 32.6 Å². The number of halogens is 1. The fourth-order valence-corrected chi connectivity index (χ4v) is 7.69. The van der Waals surface area contributed by atoms with Gasteiger partial charge in [-0.2, -0.15) is 12.7 Å². The molecule has 0 spiro atoms. The lowest BCUT2D eigenvalue weighted by Crippen LogP contribution is -2.35. The summed E-state index contributed by atoms with van der Waals surface area (Å²) >= 11 is 0. The second-order valence-electron chi connectivity index (χ2n) is 11.5. The van der Waals surface area contributed by atoms with Crippen molar-refractivity contribution in [3.05, 3.63) is 66.2 Å². The van der Waals surface area contributed by atoms with Gasteiger partial charge in [-0.15, -0.1) is 0 Å². The SMILES string of the molecule is Cc1cc([C@@]2(CNC(=O)O)[C@@H]3CCN(c4cnc5c(-c6ccc(F)c7ncccc67)cn(S(=O)(=O)N(C)C)c5n4)C[C@@H]32)no1. The lowest BCUT2D eigenvalue weighted by atomic mass is 9.96. The summed E-state index contributed by atoms with van der Waals surface area (Å²) in [7, 11) is -1.15. The summed E-state index contributed by atoms with van der Waals surface area (Å²) < 4.78 is 49.1. The van der Waals surface area contributed by atoms with Gasteiger partial charge in [-0.25, -0.2) is 23.1 Å². The van der Waals surface area contributed by atoms with Gasteiger partial charge in [0.15, 0.2) is 5.65 Å². The number of fused-ring (bicyclic) bond motifs is 3. The van der Waals surface area contributed by atoms with Crippen molar-refractivity contribution in [3.63, 3.8) is 0 Å². The molecule has 44 heavy (non-hydrogen) atoms. The lowest BCUT2D eigenvalue weighted by Gasteiger charge is -2.27. The van der Waals surface area contributed by atoms with E-state index < -0.39 is 27.5 Å². The van der Waals surface area contributed by atoms with Crippen molar-refractivity contribution in [2.75, 3.05) is 38.6 Å². The van der Waals surface area contributed by atoms with Crippen LogP contribution in [0.25, 0.3) is 33.2 Å². The van der Waals surface area contributed by atoms with Crippen LogP contribution in [0.15, 0.2) is 53.4 Å². The van der Waals surface area contributed by atoms with Crippen LogP contribution in [0.5, 0.6) is 0 Å². The van der Waals surface area contributed by atoms with Gasteiger partial charge in [0.1, 0.15) is 28.4 Å². The highest BCUT2D eigenvalue weighted by atomic mass is 32.2. The summed E-state index contributed by atoms with van der Waals surface area (Å²) in [4.78, 5) is 27.2. The second-order valence-corrected chi connectivity index (χ2v) is 13.5. The third-order valence-electron chi connectivity index (χ3n) is 8.96. The molecule has 7 rings (SSSR count). The Bertz CT molecular complexity index is 2060. The predicted molar refractivity (Wildman–Crippen MR) is 159 cm³/mol. The van der Waals surface area contributed by atoms with Crippen molar-refractivity contribution >= 4 is 44.2 Å². The van der Waals surface area contributed by atoms with E-state index in [-0.39, 0.29) is 29.5 Å².